The van der Waals surface area contributed by atoms with Crippen LogP contribution in [0.5, 0.6) is 5.88 Å². The fourth-order valence-electron chi connectivity index (χ4n) is 4.60. The summed E-state index contributed by atoms with van der Waals surface area (Å²) in [5, 5.41) is 10.4. The van der Waals surface area contributed by atoms with E-state index in [2.05, 4.69) is 37.4 Å². The number of halogens is 2. The van der Waals surface area contributed by atoms with Crippen LogP contribution >= 0.6 is 0 Å². The molecule has 2 amide bonds. The van der Waals surface area contributed by atoms with E-state index < -0.39 is 6.61 Å². The van der Waals surface area contributed by atoms with Gasteiger partial charge in [-0.1, -0.05) is 55.8 Å². The summed E-state index contributed by atoms with van der Waals surface area (Å²) < 4.78 is 31.1. The predicted octanol–water partition coefficient (Wildman–Crippen LogP) is 6.26. The Morgan fingerprint density at radius 3 is 2.51 bits per heavy atom. The van der Waals surface area contributed by atoms with Crippen molar-refractivity contribution < 1.29 is 18.3 Å². The number of anilines is 2. The van der Waals surface area contributed by atoms with Gasteiger partial charge in [-0.15, -0.1) is 0 Å². The molecule has 0 aliphatic heterocycles. The van der Waals surface area contributed by atoms with E-state index in [1.165, 1.54) is 12.3 Å². The number of carbonyl (C=O) groups excluding carboxylic acids is 1. The first-order valence-corrected chi connectivity index (χ1v) is 13.6. The Hall–Kier alpha value is -4.54. The Labute approximate surface area is 238 Å². The molecule has 2 N–H and O–H groups in total. The van der Waals surface area contributed by atoms with Gasteiger partial charge in [-0.2, -0.15) is 18.9 Å². The van der Waals surface area contributed by atoms with Crippen molar-refractivity contribution in [3.8, 4) is 17.0 Å². The first kappa shape index (κ1) is 29.4. The Balaban J connectivity index is 1.47. The molecule has 0 spiro atoms. The van der Waals surface area contributed by atoms with Gasteiger partial charge in [-0.05, 0) is 42.5 Å². The molecule has 11 heteroatoms. The maximum Gasteiger partial charge on any atom is 0.388 e. The smallest absolute Gasteiger partial charge is 0.388 e. The lowest BCUT2D eigenvalue weighted by atomic mass is 10.0. The summed E-state index contributed by atoms with van der Waals surface area (Å²) in [6.45, 7) is 0.0558. The standard InChI is InChI=1S/C30H35F2N7O2/c1-3-8-25(11-7-17-33-29-34-18-16-27(37-29)41-28(31)32)39(30(40)35-19-22-9-5-4-6-10-22)26-14-12-23(13-15-26)24-20-36-38(2)21-24/h4-6,9-10,12-16,18,20-21,25,28H,3,7-8,11,17,19H2,1-2H3,(H,35,40)(H,33,34,37)/t25-/m0/s1. The Bertz CT molecular complexity index is 1370. The highest BCUT2D eigenvalue weighted by Gasteiger charge is 2.25. The number of alkyl halides is 2. The van der Waals surface area contributed by atoms with Crippen LogP contribution in [0.1, 0.15) is 38.2 Å². The molecule has 41 heavy (non-hydrogen) atoms. The average Bonchev–Trinajstić information content (AvgIpc) is 3.41. The van der Waals surface area contributed by atoms with Gasteiger partial charge in [0.15, 0.2) is 0 Å². The number of hydrogen-bond acceptors (Lipinski definition) is 6. The molecule has 2 heterocycles. The third kappa shape index (κ3) is 8.72. The van der Waals surface area contributed by atoms with Crippen molar-refractivity contribution in [3.05, 3.63) is 84.8 Å². The van der Waals surface area contributed by atoms with Crippen LogP contribution in [0.4, 0.5) is 25.2 Å². The molecule has 0 saturated carbocycles. The molecule has 0 aliphatic rings. The summed E-state index contributed by atoms with van der Waals surface area (Å²) in [4.78, 5) is 23.5. The second-order valence-corrected chi connectivity index (χ2v) is 9.57. The normalized spacial score (nSPS) is 11.7. The maximum atomic E-state index is 13.7. The van der Waals surface area contributed by atoms with E-state index in [1.807, 2.05) is 78.9 Å². The molecule has 216 valence electrons. The van der Waals surface area contributed by atoms with Gasteiger partial charge in [-0.3, -0.25) is 9.58 Å². The van der Waals surface area contributed by atoms with Crippen molar-refractivity contribution in [2.75, 3.05) is 16.8 Å². The van der Waals surface area contributed by atoms with E-state index in [-0.39, 0.29) is 23.9 Å². The quantitative estimate of drug-likeness (QED) is 0.176. The Morgan fingerprint density at radius 2 is 1.83 bits per heavy atom. The van der Waals surface area contributed by atoms with E-state index in [4.69, 9.17) is 0 Å². The molecule has 2 aromatic heterocycles. The maximum absolute atomic E-state index is 13.7. The fraction of sp³-hybridized carbons (Fsp3) is 0.333. The van der Waals surface area contributed by atoms with E-state index in [0.29, 0.717) is 25.9 Å². The van der Waals surface area contributed by atoms with Gasteiger partial charge in [-0.25, -0.2) is 9.78 Å². The molecular weight excluding hydrogens is 528 g/mol. The number of ether oxygens (including phenoxy) is 1. The number of benzene rings is 2. The molecule has 0 unspecified atom stereocenters. The third-order valence-corrected chi connectivity index (χ3v) is 6.51. The minimum atomic E-state index is -2.95. The number of hydrogen-bond donors (Lipinski definition) is 2. The monoisotopic (exact) mass is 563 g/mol. The molecular formula is C30H35F2N7O2. The number of aromatic nitrogens is 4. The van der Waals surface area contributed by atoms with E-state index in [0.717, 1.165) is 35.2 Å². The molecule has 4 aromatic rings. The largest absolute Gasteiger partial charge is 0.417 e. The van der Waals surface area contributed by atoms with Crippen LogP contribution in [0.2, 0.25) is 0 Å². The zero-order chi connectivity index (χ0) is 29.0. The van der Waals surface area contributed by atoms with Crippen LogP contribution in [0.15, 0.2) is 79.3 Å². The Morgan fingerprint density at radius 1 is 1.05 bits per heavy atom. The fourth-order valence-corrected chi connectivity index (χ4v) is 4.60. The lowest BCUT2D eigenvalue weighted by Gasteiger charge is -2.32. The van der Waals surface area contributed by atoms with Crippen LogP contribution in [0.25, 0.3) is 11.1 Å². The molecule has 0 saturated heterocycles. The third-order valence-electron chi connectivity index (χ3n) is 6.51. The SMILES string of the molecule is CCC[C@@H](CCCNc1nccc(OC(F)F)n1)N(C(=O)NCc1ccccc1)c1ccc(-c2cnn(C)c2)cc1. The second-order valence-electron chi connectivity index (χ2n) is 9.57. The van der Waals surface area contributed by atoms with E-state index in [9.17, 15) is 13.6 Å². The molecule has 1 atom stereocenters. The summed E-state index contributed by atoms with van der Waals surface area (Å²) >= 11 is 0. The molecule has 9 nitrogen and oxygen atoms in total. The van der Waals surface area contributed by atoms with Crippen LogP contribution in [-0.4, -0.2) is 45.0 Å². The van der Waals surface area contributed by atoms with Crippen molar-refractivity contribution in [2.24, 2.45) is 7.05 Å². The van der Waals surface area contributed by atoms with Gasteiger partial charge in [0.05, 0.1) is 6.20 Å². The molecule has 2 aromatic carbocycles. The van der Waals surface area contributed by atoms with Gasteiger partial charge in [0.25, 0.3) is 0 Å². The number of carbonyl (C=O) groups is 1. The van der Waals surface area contributed by atoms with Crippen LogP contribution < -0.4 is 20.3 Å². The van der Waals surface area contributed by atoms with Gasteiger partial charge in [0.2, 0.25) is 11.8 Å². The van der Waals surface area contributed by atoms with Gasteiger partial charge in [0.1, 0.15) is 0 Å². The van der Waals surface area contributed by atoms with E-state index >= 15 is 0 Å². The topological polar surface area (TPSA) is 97.2 Å². The molecule has 4 rings (SSSR count). The minimum Gasteiger partial charge on any atom is -0.417 e. The summed E-state index contributed by atoms with van der Waals surface area (Å²) in [5.41, 5.74) is 3.83. The highest BCUT2D eigenvalue weighted by Crippen LogP contribution is 2.27. The zero-order valence-corrected chi connectivity index (χ0v) is 23.2. The van der Waals surface area contributed by atoms with Crippen LogP contribution in [0, 0.1) is 0 Å². The predicted molar refractivity (Wildman–Crippen MR) is 155 cm³/mol. The summed E-state index contributed by atoms with van der Waals surface area (Å²) in [6, 6.07) is 18.8. The first-order chi connectivity index (χ1) is 19.9. The van der Waals surface area contributed by atoms with Crippen molar-refractivity contribution in [3.63, 3.8) is 0 Å². The van der Waals surface area contributed by atoms with Crippen LogP contribution in [0.3, 0.4) is 0 Å². The van der Waals surface area contributed by atoms with Gasteiger partial charge in [0, 0.05) is 55.9 Å². The highest BCUT2D eigenvalue weighted by molar-refractivity contribution is 5.93. The number of amides is 2. The first-order valence-electron chi connectivity index (χ1n) is 13.6. The average molecular weight is 564 g/mol. The molecule has 0 aliphatic carbocycles. The second kappa shape index (κ2) is 14.7. The number of rotatable bonds is 14. The van der Waals surface area contributed by atoms with Crippen molar-refractivity contribution in [1.29, 1.82) is 0 Å². The number of urea groups is 1. The number of nitrogens with zero attached hydrogens (tertiary/aromatic N) is 5. The lowest BCUT2D eigenvalue weighted by molar-refractivity contribution is -0.0528. The highest BCUT2D eigenvalue weighted by atomic mass is 19.3. The molecule has 0 radical (unpaired) electrons. The summed E-state index contributed by atoms with van der Waals surface area (Å²) in [6.07, 6.45) is 8.22. The summed E-state index contributed by atoms with van der Waals surface area (Å²) in [7, 11) is 1.88. The molecule has 0 fully saturated rings. The number of nitrogens with one attached hydrogen (secondary N) is 2. The number of aryl methyl sites for hydroxylation is 1. The van der Waals surface area contributed by atoms with E-state index in [1.54, 1.807) is 4.68 Å². The van der Waals surface area contributed by atoms with Crippen molar-refractivity contribution in [2.45, 2.75) is 51.8 Å². The Kier molecular flexibility index (Phi) is 10.6. The van der Waals surface area contributed by atoms with Crippen molar-refractivity contribution in [1.82, 2.24) is 25.1 Å². The van der Waals surface area contributed by atoms with Crippen molar-refractivity contribution >= 4 is 17.7 Å². The molecule has 0 bridgehead atoms. The lowest BCUT2D eigenvalue weighted by Crippen LogP contribution is -2.46. The van der Waals surface area contributed by atoms with Gasteiger partial charge >= 0.3 is 12.6 Å². The van der Waals surface area contributed by atoms with Gasteiger partial charge < -0.3 is 15.4 Å². The summed E-state index contributed by atoms with van der Waals surface area (Å²) in [5.74, 6) is 0.0102. The minimum absolute atomic E-state index is 0.0729. The zero-order valence-electron chi connectivity index (χ0n) is 23.2. The van der Waals surface area contributed by atoms with Crippen LogP contribution in [-0.2, 0) is 13.6 Å².